The minimum absolute atomic E-state index is 0. The summed E-state index contributed by atoms with van der Waals surface area (Å²) in [6, 6.07) is 50.4. The molecule has 0 fully saturated rings. The summed E-state index contributed by atoms with van der Waals surface area (Å²) in [6.45, 7) is 3.52. The van der Waals surface area contributed by atoms with Crippen LogP contribution in [0.15, 0.2) is 152 Å². The van der Waals surface area contributed by atoms with E-state index in [9.17, 15) is 14.9 Å². The van der Waals surface area contributed by atoms with Crippen molar-refractivity contribution >= 4 is 54.8 Å². The van der Waals surface area contributed by atoms with Crippen LogP contribution in [0.25, 0.3) is 6.08 Å². The number of hydrogen-bond acceptors (Lipinski definition) is 4. The van der Waals surface area contributed by atoms with Gasteiger partial charge in [0.1, 0.15) is 12.3 Å². The van der Waals surface area contributed by atoms with Crippen LogP contribution in [0.4, 0.5) is 5.69 Å². The van der Waals surface area contributed by atoms with E-state index in [1.165, 1.54) is 51.8 Å². The van der Waals surface area contributed by atoms with Gasteiger partial charge in [-0.05, 0) is 86.2 Å². The number of non-ortho nitro benzene ring substituents is 1. The number of nitro benzene ring substituents is 1. The number of ether oxygens (including phenoxy) is 1. The summed E-state index contributed by atoms with van der Waals surface area (Å²) in [7, 11) is -1.57. The molecule has 0 saturated heterocycles. The monoisotopic (exact) mass is 741 g/mol. The van der Waals surface area contributed by atoms with Crippen molar-refractivity contribution in [3.63, 3.8) is 0 Å². The maximum atomic E-state index is 11.2. The molecule has 0 radical (unpaired) electrons. The minimum atomic E-state index is -0.783. The smallest absolute Gasteiger partial charge is 0.331 e. The third-order valence-corrected chi connectivity index (χ3v) is 13.1. The van der Waals surface area contributed by atoms with Gasteiger partial charge in [0.05, 0.1) is 48.1 Å². The third-order valence-electron chi connectivity index (χ3n) is 6.98. The molecule has 5 rings (SSSR count). The molecule has 0 N–H and O–H groups in total. The first-order chi connectivity index (χ1) is 21.9. The predicted octanol–water partition coefficient (Wildman–Crippen LogP) is 7.27. The molecule has 0 unspecified atom stereocenters. The van der Waals surface area contributed by atoms with Crippen molar-refractivity contribution in [2.75, 3.05) is 12.3 Å². The first-order valence-electron chi connectivity index (χ1n) is 15.0. The Kier molecular flexibility index (Phi) is 15.7. The summed E-state index contributed by atoms with van der Waals surface area (Å²) in [5.41, 5.74) is 0.725. The number of nitrogens with zero attached hydrogens (tertiary/aromatic N) is 1. The van der Waals surface area contributed by atoms with E-state index in [4.69, 9.17) is 4.74 Å². The summed E-state index contributed by atoms with van der Waals surface area (Å²) in [6.07, 6.45) is 5.20. The molecule has 0 bridgehead atoms. The zero-order valence-corrected chi connectivity index (χ0v) is 29.5. The standard InChI is InChI=1S/C26H24P2.C12H13NO4.Pd/c1-5-13-23(14-6-1)27(24-15-7-2-8-16-24)21-22-28(25-17-9-3-10-18-25)26-19-11-4-12-20-26;1-9(2)17-12(14)8-5-10-3-6-11(7-4-10)13(15)16;/h1-20H,21-22H2;3-9H,1-2H3;/p+2/b;8-5+;. The zero-order valence-electron chi connectivity index (χ0n) is 25.9. The van der Waals surface area contributed by atoms with Gasteiger partial charge in [-0.25, -0.2) is 4.79 Å². The van der Waals surface area contributed by atoms with Crippen molar-refractivity contribution in [1.29, 1.82) is 0 Å². The Morgan fingerprint density at radius 3 is 1.30 bits per heavy atom. The van der Waals surface area contributed by atoms with Crippen LogP contribution >= 0.6 is 15.8 Å². The van der Waals surface area contributed by atoms with Crippen molar-refractivity contribution in [3.05, 3.63) is 167 Å². The van der Waals surface area contributed by atoms with Crippen LogP contribution in [0.3, 0.4) is 0 Å². The summed E-state index contributed by atoms with van der Waals surface area (Å²) in [4.78, 5) is 21.1. The first-order valence-corrected chi connectivity index (χ1v) is 18.4. The Hall–Kier alpha value is -3.77. The zero-order chi connectivity index (χ0) is 31.9. The Bertz CT molecular complexity index is 1470. The summed E-state index contributed by atoms with van der Waals surface area (Å²) in [5.74, 6) is -0.432. The van der Waals surface area contributed by atoms with E-state index in [1.807, 2.05) is 0 Å². The summed E-state index contributed by atoms with van der Waals surface area (Å²) < 4.78 is 4.90. The van der Waals surface area contributed by atoms with E-state index >= 15 is 0 Å². The molecule has 8 heteroatoms. The number of carbonyl (C=O) groups is 1. The molecule has 238 valence electrons. The van der Waals surface area contributed by atoms with Gasteiger partial charge in [-0.15, -0.1) is 0 Å². The predicted molar refractivity (Wildman–Crippen MR) is 194 cm³/mol. The Balaban J connectivity index is 0.000000277. The molecule has 0 amide bonds. The molecule has 46 heavy (non-hydrogen) atoms. The molecule has 0 aliphatic rings. The maximum Gasteiger partial charge on any atom is 0.331 e. The fourth-order valence-corrected chi connectivity index (χ4v) is 11.1. The van der Waals surface area contributed by atoms with Crippen molar-refractivity contribution in [2.45, 2.75) is 20.0 Å². The van der Waals surface area contributed by atoms with Crippen LogP contribution in [-0.4, -0.2) is 29.3 Å². The number of esters is 1. The van der Waals surface area contributed by atoms with Gasteiger partial charge >= 0.3 is 5.97 Å². The van der Waals surface area contributed by atoms with Gasteiger partial charge in [-0.3, -0.25) is 10.1 Å². The number of hydrogen-bond donors (Lipinski definition) is 0. The van der Waals surface area contributed by atoms with Gasteiger partial charge in [-0.2, -0.15) is 0 Å². The van der Waals surface area contributed by atoms with E-state index in [-0.39, 0.29) is 32.2 Å². The Morgan fingerprint density at radius 2 is 1.00 bits per heavy atom. The number of benzene rings is 5. The number of carbonyl (C=O) groups excluding carboxylic acids is 1. The average Bonchev–Trinajstić information content (AvgIpc) is 3.07. The molecule has 0 spiro atoms. The molecule has 0 aromatic heterocycles. The maximum absolute atomic E-state index is 11.2. The van der Waals surface area contributed by atoms with Gasteiger partial charge in [-0.1, -0.05) is 72.8 Å². The van der Waals surface area contributed by atoms with Crippen LogP contribution in [-0.2, 0) is 30.0 Å². The quantitative estimate of drug-likeness (QED) is 0.0357. The molecule has 5 nitrogen and oxygen atoms in total. The van der Waals surface area contributed by atoms with Crippen LogP contribution in [0.5, 0.6) is 0 Å². The summed E-state index contributed by atoms with van der Waals surface area (Å²) in [5, 5.41) is 16.5. The van der Waals surface area contributed by atoms with Crippen LogP contribution in [0.2, 0.25) is 0 Å². The fraction of sp³-hybridized carbons (Fsp3) is 0.132. The van der Waals surface area contributed by atoms with Gasteiger partial charge < -0.3 is 4.74 Å². The number of rotatable bonds is 11. The van der Waals surface area contributed by atoms with Crippen LogP contribution < -0.4 is 21.2 Å². The Labute approximate surface area is 288 Å². The second-order valence-electron chi connectivity index (χ2n) is 10.6. The molecule has 0 aliphatic heterocycles. The average molecular weight is 742 g/mol. The van der Waals surface area contributed by atoms with Crippen molar-refractivity contribution in [3.8, 4) is 0 Å². The molecule has 5 aromatic carbocycles. The topological polar surface area (TPSA) is 69.4 Å². The minimum Gasteiger partial charge on any atom is -0.460 e. The second-order valence-corrected chi connectivity index (χ2v) is 15.8. The van der Waals surface area contributed by atoms with Gasteiger partial charge in [0.15, 0.2) is 0 Å². The number of nitro groups is 1. The molecular formula is C38H39NO4P2Pd+2. The molecule has 0 heterocycles. The van der Waals surface area contributed by atoms with Crippen LogP contribution in [0, 0.1) is 10.1 Å². The van der Waals surface area contributed by atoms with Crippen molar-refractivity contribution in [2.24, 2.45) is 0 Å². The van der Waals surface area contributed by atoms with E-state index in [0.29, 0.717) is 5.56 Å². The van der Waals surface area contributed by atoms with Gasteiger partial charge in [0, 0.05) is 38.6 Å². The summed E-state index contributed by atoms with van der Waals surface area (Å²) >= 11 is 0. The van der Waals surface area contributed by atoms with Crippen molar-refractivity contribution in [1.82, 2.24) is 0 Å². The van der Waals surface area contributed by atoms with Gasteiger partial charge in [0.25, 0.3) is 5.69 Å². The normalized spacial score (nSPS) is 10.7. The van der Waals surface area contributed by atoms with E-state index in [0.717, 1.165) is 0 Å². The molecular weight excluding hydrogens is 703 g/mol. The molecule has 5 aromatic rings. The third kappa shape index (κ3) is 11.9. The second kappa shape index (κ2) is 19.7. The van der Waals surface area contributed by atoms with E-state index in [1.54, 1.807) is 32.1 Å². The molecule has 0 atom stereocenters. The Morgan fingerprint density at radius 1 is 0.652 bits per heavy atom. The first kappa shape index (κ1) is 36.7. The largest absolute Gasteiger partial charge is 0.460 e. The van der Waals surface area contributed by atoms with Crippen LogP contribution in [0.1, 0.15) is 19.4 Å². The van der Waals surface area contributed by atoms with E-state index < -0.39 is 26.7 Å². The SMILES string of the molecule is CC(C)OC(=O)/C=C/c1ccc([N+](=O)[O-])cc1.[Pd].c1ccc([PH+](CC[PH+](c2ccccc2)c2ccccc2)c2ccccc2)cc1. The van der Waals surface area contributed by atoms with E-state index in [2.05, 4.69) is 121 Å². The van der Waals surface area contributed by atoms with Gasteiger partial charge in [0.2, 0.25) is 0 Å². The van der Waals surface area contributed by atoms with Crippen molar-refractivity contribution < 1.29 is 34.9 Å². The molecule has 0 saturated carbocycles. The molecule has 0 aliphatic carbocycles. The fourth-order valence-electron chi connectivity index (χ4n) is 4.86.